The number of phenols is 1. The molecule has 1 aromatic carbocycles. The van der Waals surface area contributed by atoms with Gasteiger partial charge in [-0.2, -0.15) is 5.10 Å². The lowest BCUT2D eigenvalue weighted by atomic mass is 10.1. The van der Waals surface area contributed by atoms with Gasteiger partial charge >= 0.3 is 0 Å². The molecular formula is C13H11N3O2. The van der Waals surface area contributed by atoms with Crippen LogP contribution in [0.3, 0.4) is 0 Å². The molecule has 0 saturated carbocycles. The lowest BCUT2D eigenvalue weighted by molar-refractivity contribution is 0.474. The Balaban J connectivity index is 1.98. The fourth-order valence-corrected chi connectivity index (χ4v) is 1.86. The number of fused-ring (bicyclic) bond motifs is 1. The predicted octanol–water partition coefficient (Wildman–Crippen LogP) is 1.73. The molecule has 0 aliphatic carbocycles. The maximum absolute atomic E-state index is 9.63. The molecule has 3 rings (SSSR count). The summed E-state index contributed by atoms with van der Waals surface area (Å²) in [6.07, 6.45) is 2.24. The van der Waals surface area contributed by atoms with E-state index in [0.29, 0.717) is 17.9 Å². The summed E-state index contributed by atoms with van der Waals surface area (Å²) in [4.78, 5) is 4.26. The van der Waals surface area contributed by atoms with Gasteiger partial charge in [-0.1, -0.05) is 12.1 Å². The molecule has 90 valence electrons. The molecule has 3 aromatic rings. The Kier molecular flexibility index (Phi) is 2.37. The monoisotopic (exact) mass is 241 g/mol. The lowest BCUT2D eigenvalue weighted by Gasteiger charge is -1.97. The van der Waals surface area contributed by atoms with Crippen LogP contribution in [0.5, 0.6) is 11.5 Å². The molecule has 0 saturated heterocycles. The molecule has 18 heavy (non-hydrogen) atoms. The van der Waals surface area contributed by atoms with Gasteiger partial charge in [0.05, 0.1) is 0 Å². The van der Waals surface area contributed by atoms with Crippen LogP contribution in [0.15, 0.2) is 42.6 Å². The number of hydrogen-bond acceptors (Lipinski definition) is 4. The average Bonchev–Trinajstić information content (AvgIpc) is 2.73. The fraction of sp³-hybridized carbons (Fsp3) is 0.0769. The van der Waals surface area contributed by atoms with Crippen molar-refractivity contribution in [2.45, 2.75) is 6.42 Å². The third-order valence-corrected chi connectivity index (χ3v) is 2.66. The minimum atomic E-state index is 0.104. The van der Waals surface area contributed by atoms with Crippen LogP contribution in [0.25, 0.3) is 5.65 Å². The molecule has 0 spiro atoms. The highest BCUT2D eigenvalue weighted by atomic mass is 16.3. The molecule has 0 amide bonds. The number of benzene rings is 1. The smallest absolute Gasteiger partial charge is 0.197 e. The molecule has 0 radical (unpaired) electrons. The second-order valence-corrected chi connectivity index (χ2v) is 4.04. The molecule has 2 aromatic heterocycles. The van der Waals surface area contributed by atoms with Gasteiger partial charge in [-0.05, 0) is 29.8 Å². The van der Waals surface area contributed by atoms with Crippen molar-refractivity contribution < 1.29 is 10.2 Å². The standard InChI is InChI=1S/C13H11N3O2/c17-10-4-1-3-9(7-10)8-12-14-13-11(18)5-2-6-16(13)15-12/h1-7,17-18H,8H2. The van der Waals surface area contributed by atoms with Crippen LogP contribution in [0.1, 0.15) is 11.4 Å². The van der Waals surface area contributed by atoms with Crippen LogP contribution in [0.4, 0.5) is 0 Å². The van der Waals surface area contributed by atoms with Crippen LogP contribution in [-0.4, -0.2) is 24.8 Å². The summed E-state index contributed by atoms with van der Waals surface area (Å²) < 4.78 is 1.54. The van der Waals surface area contributed by atoms with Gasteiger partial charge in [-0.3, -0.25) is 0 Å². The van der Waals surface area contributed by atoms with Crippen molar-refractivity contribution in [1.82, 2.24) is 14.6 Å². The van der Waals surface area contributed by atoms with E-state index in [9.17, 15) is 10.2 Å². The van der Waals surface area contributed by atoms with E-state index in [2.05, 4.69) is 10.1 Å². The van der Waals surface area contributed by atoms with E-state index in [4.69, 9.17) is 0 Å². The molecule has 0 unspecified atom stereocenters. The third-order valence-electron chi connectivity index (χ3n) is 2.66. The zero-order valence-corrected chi connectivity index (χ0v) is 9.48. The second kappa shape index (κ2) is 4.03. The van der Waals surface area contributed by atoms with Gasteiger partial charge in [-0.15, -0.1) is 0 Å². The van der Waals surface area contributed by atoms with Crippen LogP contribution in [0, 0.1) is 0 Å². The molecule has 0 bridgehead atoms. The van der Waals surface area contributed by atoms with E-state index >= 15 is 0 Å². The first-order valence-corrected chi connectivity index (χ1v) is 5.53. The van der Waals surface area contributed by atoms with E-state index in [0.717, 1.165) is 5.56 Å². The summed E-state index contributed by atoms with van der Waals surface area (Å²) in [5.41, 5.74) is 1.36. The number of aromatic nitrogens is 3. The Labute approximate surface area is 103 Å². The highest BCUT2D eigenvalue weighted by Gasteiger charge is 2.07. The normalized spacial score (nSPS) is 10.9. The molecule has 0 aliphatic heterocycles. The lowest BCUT2D eigenvalue weighted by Crippen LogP contribution is -1.91. The van der Waals surface area contributed by atoms with Crippen LogP contribution < -0.4 is 0 Å². The summed E-state index contributed by atoms with van der Waals surface area (Å²) in [5.74, 6) is 0.924. The number of pyridine rings is 1. The number of phenolic OH excluding ortho intramolecular Hbond substituents is 1. The molecular weight excluding hydrogens is 230 g/mol. The highest BCUT2D eigenvalue weighted by molar-refractivity contribution is 5.51. The Bertz CT molecular complexity index is 706. The van der Waals surface area contributed by atoms with Gasteiger partial charge in [0.15, 0.2) is 17.2 Å². The summed E-state index contributed by atoms with van der Waals surface area (Å²) in [7, 11) is 0. The number of aromatic hydroxyl groups is 2. The minimum Gasteiger partial charge on any atom is -0.508 e. The first kappa shape index (κ1) is 10.6. The van der Waals surface area contributed by atoms with Crippen molar-refractivity contribution in [2.75, 3.05) is 0 Å². The minimum absolute atomic E-state index is 0.104. The maximum Gasteiger partial charge on any atom is 0.197 e. The van der Waals surface area contributed by atoms with E-state index in [1.54, 1.807) is 36.5 Å². The zero-order chi connectivity index (χ0) is 12.5. The van der Waals surface area contributed by atoms with Crippen molar-refractivity contribution in [1.29, 1.82) is 0 Å². The Morgan fingerprint density at radius 1 is 1.11 bits per heavy atom. The SMILES string of the molecule is Oc1cccc(Cc2nc3c(O)cccn3n2)c1. The van der Waals surface area contributed by atoms with Crippen LogP contribution >= 0.6 is 0 Å². The van der Waals surface area contributed by atoms with Gasteiger partial charge in [0, 0.05) is 12.6 Å². The average molecular weight is 241 g/mol. The maximum atomic E-state index is 9.63. The third kappa shape index (κ3) is 1.86. The number of hydrogen-bond donors (Lipinski definition) is 2. The van der Waals surface area contributed by atoms with Crippen molar-refractivity contribution >= 4 is 5.65 Å². The van der Waals surface area contributed by atoms with Crippen molar-refractivity contribution in [3.8, 4) is 11.5 Å². The Morgan fingerprint density at radius 3 is 2.78 bits per heavy atom. The van der Waals surface area contributed by atoms with Crippen molar-refractivity contribution in [2.24, 2.45) is 0 Å². The zero-order valence-electron chi connectivity index (χ0n) is 9.48. The summed E-state index contributed by atoms with van der Waals surface area (Å²) >= 11 is 0. The molecule has 5 heteroatoms. The van der Waals surface area contributed by atoms with E-state index in [1.807, 2.05) is 6.07 Å². The van der Waals surface area contributed by atoms with E-state index in [1.165, 1.54) is 4.52 Å². The van der Waals surface area contributed by atoms with Crippen LogP contribution in [0.2, 0.25) is 0 Å². The Hall–Kier alpha value is -2.56. The topological polar surface area (TPSA) is 70.7 Å². The van der Waals surface area contributed by atoms with Crippen LogP contribution in [-0.2, 0) is 6.42 Å². The second-order valence-electron chi connectivity index (χ2n) is 4.04. The molecule has 0 aliphatic rings. The fourth-order valence-electron chi connectivity index (χ4n) is 1.86. The van der Waals surface area contributed by atoms with Gasteiger partial charge in [0.25, 0.3) is 0 Å². The summed E-state index contributed by atoms with van der Waals surface area (Å²) in [5, 5.41) is 23.3. The van der Waals surface area contributed by atoms with Gasteiger partial charge in [0.2, 0.25) is 0 Å². The number of nitrogens with zero attached hydrogens (tertiary/aromatic N) is 3. The van der Waals surface area contributed by atoms with Gasteiger partial charge in [0.1, 0.15) is 5.75 Å². The molecule has 2 heterocycles. The largest absolute Gasteiger partial charge is 0.508 e. The first-order valence-electron chi connectivity index (χ1n) is 5.53. The first-order chi connectivity index (χ1) is 8.72. The van der Waals surface area contributed by atoms with Crippen molar-refractivity contribution in [3.63, 3.8) is 0 Å². The summed E-state index contributed by atoms with van der Waals surface area (Å²) in [6, 6.07) is 10.2. The Morgan fingerprint density at radius 2 is 2.00 bits per heavy atom. The van der Waals surface area contributed by atoms with Gasteiger partial charge in [-0.25, -0.2) is 9.50 Å². The highest BCUT2D eigenvalue weighted by Crippen LogP contribution is 2.17. The molecule has 2 N–H and O–H groups in total. The number of rotatable bonds is 2. The molecule has 0 atom stereocenters. The van der Waals surface area contributed by atoms with Crippen molar-refractivity contribution in [3.05, 3.63) is 54.0 Å². The van der Waals surface area contributed by atoms with E-state index < -0.39 is 0 Å². The van der Waals surface area contributed by atoms with Gasteiger partial charge < -0.3 is 10.2 Å². The quantitative estimate of drug-likeness (QED) is 0.716. The summed E-state index contributed by atoms with van der Waals surface area (Å²) in [6.45, 7) is 0. The molecule has 0 fully saturated rings. The molecule has 5 nitrogen and oxygen atoms in total. The predicted molar refractivity (Wildman–Crippen MR) is 65.6 cm³/mol. The van der Waals surface area contributed by atoms with E-state index in [-0.39, 0.29) is 11.5 Å².